The highest BCUT2D eigenvalue weighted by Crippen LogP contribution is 2.21. The summed E-state index contributed by atoms with van der Waals surface area (Å²) in [6.07, 6.45) is 7.49. The van der Waals surface area contributed by atoms with E-state index in [1.807, 2.05) is 0 Å². The van der Waals surface area contributed by atoms with Gasteiger partial charge in [0.05, 0.1) is 23.8 Å². The van der Waals surface area contributed by atoms with Gasteiger partial charge in [-0.05, 0) is 30.5 Å². The Morgan fingerprint density at radius 3 is 2.59 bits per heavy atom. The summed E-state index contributed by atoms with van der Waals surface area (Å²) in [5, 5.41) is 0.0707. The number of rotatable bonds is 5. The molecular formula is C21H22ClFN2O2. The van der Waals surface area contributed by atoms with Crippen LogP contribution in [0.2, 0.25) is 5.02 Å². The lowest BCUT2D eigenvalue weighted by atomic mass is 10.0. The van der Waals surface area contributed by atoms with E-state index in [4.69, 9.17) is 21.1 Å². The number of unbranched alkanes of at least 4 members (excludes halogenated alkanes) is 2. The number of aromatic nitrogens is 2. The van der Waals surface area contributed by atoms with Gasteiger partial charge in [0, 0.05) is 23.9 Å². The van der Waals surface area contributed by atoms with Crippen molar-refractivity contribution >= 4 is 11.6 Å². The number of nitrogens with zero attached hydrogens (tertiary/aromatic N) is 2. The quantitative estimate of drug-likeness (QED) is 0.542. The van der Waals surface area contributed by atoms with Crippen LogP contribution in [0.1, 0.15) is 38.2 Å². The maximum Gasteiger partial charge on any atom is 0.222 e. The van der Waals surface area contributed by atoms with Crippen molar-refractivity contribution in [1.82, 2.24) is 9.97 Å². The Morgan fingerprint density at radius 2 is 1.93 bits per heavy atom. The lowest BCUT2D eigenvalue weighted by Crippen LogP contribution is -2.31. The summed E-state index contributed by atoms with van der Waals surface area (Å²) in [5.41, 5.74) is 1.20. The van der Waals surface area contributed by atoms with Crippen molar-refractivity contribution in [3.63, 3.8) is 0 Å². The van der Waals surface area contributed by atoms with E-state index in [1.54, 1.807) is 18.5 Å². The second-order valence-electron chi connectivity index (χ2n) is 6.55. The van der Waals surface area contributed by atoms with Gasteiger partial charge in [0.15, 0.2) is 5.82 Å². The van der Waals surface area contributed by atoms with Crippen LogP contribution < -0.4 is 0 Å². The maximum atomic E-state index is 13.5. The molecule has 4 nitrogen and oxygen atoms in total. The molecule has 0 bridgehead atoms. The number of hydrogen-bond donors (Lipinski definition) is 0. The molecule has 6 heteroatoms. The van der Waals surface area contributed by atoms with E-state index >= 15 is 0 Å². The first-order valence-electron chi connectivity index (χ1n) is 9.18. The average Bonchev–Trinajstić information content (AvgIpc) is 2.70. The Kier molecular flexibility index (Phi) is 7.17. The van der Waals surface area contributed by atoms with Crippen molar-refractivity contribution in [1.29, 1.82) is 0 Å². The van der Waals surface area contributed by atoms with Crippen LogP contribution in [0.5, 0.6) is 0 Å². The van der Waals surface area contributed by atoms with Crippen LogP contribution in [0.25, 0.3) is 11.4 Å². The number of hydrogen-bond acceptors (Lipinski definition) is 4. The van der Waals surface area contributed by atoms with Crippen molar-refractivity contribution in [2.75, 3.05) is 13.2 Å². The standard InChI is InChI=1S/C21H22ClFN2O2/c1-2-3-4-5-16-13-26-20(27-14-16)9-6-15-11-24-21(25-12-15)17-7-8-18(22)19(23)10-17/h7-8,10-12,16,20H,2-5,13-14H2,1H3. The van der Waals surface area contributed by atoms with Crippen LogP contribution in [0.3, 0.4) is 0 Å². The smallest absolute Gasteiger partial charge is 0.222 e. The maximum absolute atomic E-state index is 13.5. The Bertz CT molecular complexity index is 809. The normalized spacial score (nSPS) is 19.4. The van der Waals surface area contributed by atoms with E-state index in [9.17, 15) is 4.39 Å². The number of ether oxygens (including phenoxy) is 2. The molecule has 1 saturated heterocycles. The first-order chi connectivity index (χ1) is 13.2. The molecule has 2 aromatic rings. The molecule has 0 unspecified atom stereocenters. The molecule has 1 fully saturated rings. The molecule has 0 radical (unpaired) electrons. The Labute approximate surface area is 164 Å². The summed E-state index contributed by atoms with van der Waals surface area (Å²) in [4.78, 5) is 8.46. The van der Waals surface area contributed by atoms with Crippen LogP contribution in [0, 0.1) is 23.6 Å². The van der Waals surface area contributed by atoms with Gasteiger partial charge in [-0.25, -0.2) is 14.4 Å². The minimum Gasteiger partial charge on any atom is -0.342 e. The van der Waals surface area contributed by atoms with Gasteiger partial charge in [0.2, 0.25) is 6.29 Å². The predicted molar refractivity (Wildman–Crippen MR) is 103 cm³/mol. The molecule has 27 heavy (non-hydrogen) atoms. The van der Waals surface area contributed by atoms with Gasteiger partial charge in [-0.15, -0.1) is 0 Å². The second kappa shape index (κ2) is 9.80. The summed E-state index contributed by atoms with van der Waals surface area (Å²) in [6.45, 7) is 3.56. The fourth-order valence-electron chi connectivity index (χ4n) is 2.80. The Balaban J connectivity index is 1.54. The molecule has 0 N–H and O–H groups in total. The van der Waals surface area contributed by atoms with E-state index in [2.05, 4.69) is 28.7 Å². The fraction of sp³-hybridized carbons (Fsp3) is 0.429. The zero-order chi connectivity index (χ0) is 19.1. The van der Waals surface area contributed by atoms with Gasteiger partial charge < -0.3 is 9.47 Å². The van der Waals surface area contributed by atoms with Crippen LogP contribution in [-0.2, 0) is 9.47 Å². The summed E-state index contributed by atoms with van der Waals surface area (Å²) in [7, 11) is 0. The fourth-order valence-corrected chi connectivity index (χ4v) is 2.91. The molecule has 0 spiro atoms. The minimum absolute atomic E-state index is 0.0707. The first-order valence-corrected chi connectivity index (χ1v) is 9.55. The molecule has 1 aliphatic rings. The molecule has 1 aromatic carbocycles. The topological polar surface area (TPSA) is 44.2 Å². The van der Waals surface area contributed by atoms with Crippen LogP contribution >= 0.6 is 11.6 Å². The van der Waals surface area contributed by atoms with Crippen molar-refractivity contribution in [2.45, 2.75) is 38.9 Å². The van der Waals surface area contributed by atoms with Crippen LogP contribution in [-0.4, -0.2) is 29.5 Å². The minimum atomic E-state index is -0.516. The monoisotopic (exact) mass is 388 g/mol. The van der Waals surface area contributed by atoms with Crippen molar-refractivity contribution in [3.8, 4) is 23.2 Å². The average molecular weight is 389 g/mol. The molecule has 1 aliphatic heterocycles. The van der Waals surface area contributed by atoms with E-state index < -0.39 is 12.1 Å². The van der Waals surface area contributed by atoms with Crippen LogP contribution in [0.4, 0.5) is 4.39 Å². The zero-order valence-corrected chi connectivity index (χ0v) is 16.0. The highest BCUT2D eigenvalue weighted by atomic mass is 35.5. The van der Waals surface area contributed by atoms with E-state index in [0.29, 0.717) is 36.1 Å². The Hall–Kier alpha value is -2.00. The van der Waals surface area contributed by atoms with Crippen LogP contribution in [0.15, 0.2) is 30.6 Å². The van der Waals surface area contributed by atoms with E-state index in [-0.39, 0.29) is 5.02 Å². The second-order valence-corrected chi connectivity index (χ2v) is 6.96. The van der Waals surface area contributed by atoms with Gasteiger partial charge in [0.25, 0.3) is 0 Å². The molecule has 1 aromatic heterocycles. The lowest BCUT2D eigenvalue weighted by Gasteiger charge is -2.26. The predicted octanol–water partition coefficient (Wildman–Crippen LogP) is 4.86. The van der Waals surface area contributed by atoms with Crippen molar-refractivity contribution in [3.05, 3.63) is 47.0 Å². The molecule has 2 heterocycles. The molecule has 142 valence electrons. The molecule has 0 saturated carbocycles. The molecule has 0 amide bonds. The van der Waals surface area contributed by atoms with Gasteiger partial charge >= 0.3 is 0 Å². The van der Waals surface area contributed by atoms with Gasteiger partial charge in [-0.2, -0.15) is 0 Å². The summed E-state index contributed by atoms with van der Waals surface area (Å²) in [6, 6.07) is 4.47. The summed E-state index contributed by atoms with van der Waals surface area (Å²) < 4.78 is 24.9. The lowest BCUT2D eigenvalue weighted by molar-refractivity contribution is -0.170. The van der Waals surface area contributed by atoms with E-state index in [0.717, 1.165) is 6.42 Å². The molecule has 3 rings (SSSR count). The third-order valence-corrected chi connectivity index (χ3v) is 4.65. The first kappa shape index (κ1) is 19.8. The number of benzene rings is 1. The third-order valence-electron chi connectivity index (χ3n) is 4.35. The van der Waals surface area contributed by atoms with E-state index in [1.165, 1.54) is 31.4 Å². The largest absolute Gasteiger partial charge is 0.342 e. The van der Waals surface area contributed by atoms with Crippen molar-refractivity contribution in [2.24, 2.45) is 5.92 Å². The number of halogens is 2. The highest BCUT2D eigenvalue weighted by molar-refractivity contribution is 6.30. The van der Waals surface area contributed by atoms with Gasteiger partial charge in [-0.1, -0.05) is 43.7 Å². The van der Waals surface area contributed by atoms with Gasteiger partial charge in [-0.3, -0.25) is 0 Å². The SMILES string of the molecule is CCCCCC1COC(C#Cc2cnc(-c3ccc(Cl)c(F)c3)nc2)OC1. The molecular weight excluding hydrogens is 367 g/mol. The summed E-state index contributed by atoms with van der Waals surface area (Å²) in [5.74, 6) is 6.28. The summed E-state index contributed by atoms with van der Waals surface area (Å²) >= 11 is 5.69. The molecule has 0 atom stereocenters. The third kappa shape index (κ3) is 5.74. The zero-order valence-electron chi connectivity index (χ0n) is 15.3. The van der Waals surface area contributed by atoms with Gasteiger partial charge in [0.1, 0.15) is 5.82 Å². The molecule has 0 aliphatic carbocycles. The highest BCUT2D eigenvalue weighted by Gasteiger charge is 2.20. The Morgan fingerprint density at radius 1 is 1.19 bits per heavy atom. The van der Waals surface area contributed by atoms with Crippen molar-refractivity contribution < 1.29 is 13.9 Å².